The molecular weight excluding hydrogens is 263 g/mol. The maximum Gasteiger partial charge on any atom is 0.339 e. The molecule has 0 saturated heterocycles. The minimum atomic E-state index is -2.80. The van der Waals surface area contributed by atoms with Gasteiger partial charge in [0, 0.05) is 0 Å². The highest BCUT2D eigenvalue weighted by molar-refractivity contribution is 6.34. The van der Waals surface area contributed by atoms with Crippen molar-refractivity contribution in [2.75, 3.05) is 7.11 Å². The monoisotopic (exact) mass is 269 g/mol. The number of carbonyl (C=O) groups excluding carboxylic acids is 1. The Kier molecular flexibility index (Phi) is 4.44. The number of pyridine rings is 1. The summed E-state index contributed by atoms with van der Waals surface area (Å²) in [6.07, 6.45) is -2.80. The smallest absolute Gasteiger partial charge is 0.339 e. The van der Waals surface area contributed by atoms with Gasteiger partial charge in [-0.15, -0.1) is 11.6 Å². The van der Waals surface area contributed by atoms with Crippen LogP contribution in [0.25, 0.3) is 0 Å². The van der Waals surface area contributed by atoms with E-state index in [1.807, 2.05) is 0 Å². The fraction of sp³-hybridized carbons (Fsp3) is 0.333. The van der Waals surface area contributed by atoms with E-state index in [-0.39, 0.29) is 22.2 Å². The molecule has 88 valence electrons. The van der Waals surface area contributed by atoms with Crippen LogP contribution in [0.15, 0.2) is 6.07 Å². The molecule has 0 bridgehead atoms. The zero-order chi connectivity index (χ0) is 12.3. The third kappa shape index (κ3) is 2.59. The highest BCUT2D eigenvalue weighted by atomic mass is 35.5. The number of hydrogen-bond donors (Lipinski definition) is 0. The zero-order valence-corrected chi connectivity index (χ0v) is 9.65. The summed E-state index contributed by atoms with van der Waals surface area (Å²) < 4.78 is 29.3. The molecule has 0 aliphatic rings. The van der Waals surface area contributed by atoms with Crippen molar-refractivity contribution in [2.24, 2.45) is 0 Å². The highest BCUT2D eigenvalue weighted by Gasteiger charge is 2.20. The molecule has 0 unspecified atom stereocenters. The number of nitrogens with zero attached hydrogens (tertiary/aromatic N) is 1. The van der Waals surface area contributed by atoms with Crippen LogP contribution in [-0.4, -0.2) is 18.1 Å². The molecule has 7 heteroatoms. The molecule has 1 rings (SSSR count). The normalized spacial score (nSPS) is 10.6. The minimum absolute atomic E-state index is 0.0292. The van der Waals surface area contributed by atoms with Crippen molar-refractivity contribution in [1.82, 2.24) is 4.98 Å². The van der Waals surface area contributed by atoms with Crippen LogP contribution in [0.1, 0.15) is 28.2 Å². The lowest BCUT2D eigenvalue weighted by atomic mass is 10.2. The Morgan fingerprint density at radius 1 is 1.62 bits per heavy atom. The second-order valence-corrected chi connectivity index (χ2v) is 3.43. The summed E-state index contributed by atoms with van der Waals surface area (Å²) >= 11 is 11.3. The average Bonchev–Trinajstić information content (AvgIpc) is 2.28. The topological polar surface area (TPSA) is 39.2 Å². The molecule has 16 heavy (non-hydrogen) atoms. The van der Waals surface area contributed by atoms with Crippen LogP contribution in [-0.2, 0) is 10.6 Å². The molecule has 0 radical (unpaired) electrons. The van der Waals surface area contributed by atoms with Crippen LogP contribution in [0, 0.1) is 0 Å². The van der Waals surface area contributed by atoms with Crippen molar-refractivity contribution in [2.45, 2.75) is 12.3 Å². The summed E-state index contributed by atoms with van der Waals surface area (Å²) in [5.41, 5.74) is -0.688. The van der Waals surface area contributed by atoms with Gasteiger partial charge >= 0.3 is 5.97 Å². The van der Waals surface area contributed by atoms with E-state index in [0.717, 1.165) is 13.2 Å². The van der Waals surface area contributed by atoms with Crippen molar-refractivity contribution >= 4 is 29.2 Å². The molecule has 0 aliphatic heterocycles. The molecule has 0 aliphatic carbocycles. The molecule has 1 aromatic heterocycles. The van der Waals surface area contributed by atoms with Gasteiger partial charge in [-0.05, 0) is 6.07 Å². The fourth-order valence-electron chi connectivity index (χ4n) is 1.06. The first kappa shape index (κ1) is 13.1. The SMILES string of the molecule is COC(=O)c1cc(C(F)F)nc(CCl)c1Cl. The maximum atomic E-state index is 12.5. The van der Waals surface area contributed by atoms with Gasteiger partial charge in [-0.2, -0.15) is 0 Å². The Balaban J connectivity index is 3.35. The molecule has 0 fully saturated rings. The number of carbonyl (C=O) groups is 1. The number of esters is 1. The first-order valence-electron chi connectivity index (χ1n) is 4.13. The van der Waals surface area contributed by atoms with Crippen molar-refractivity contribution in [3.05, 3.63) is 28.0 Å². The number of ether oxygens (including phenoxy) is 1. The first-order chi connectivity index (χ1) is 7.51. The number of alkyl halides is 3. The second-order valence-electron chi connectivity index (χ2n) is 2.78. The van der Waals surface area contributed by atoms with Gasteiger partial charge in [-0.25, -0.2) is 18.6 Å². The number of hydrogen-bond acceptors (Lipinski definition) is 3. The predicted octanol–water partition coefficient (Wildman–Crippen LogP) is 3.20. The Bertz CT molecular complexity index is 413. The summed E-state index contributed by atoms with van der Waals surface area (Å²) in [5.74, 6) is -0.968. The molecule has 1 aromatic rings. The van der Waals surface area contributed by atoms with Crippen molar-refractivity contribution < 1.29 is 18.3 Å². The molecule has 0 amide bonds. The lowest BCUT2D eigenvalue weighted by molar-refractivity contribution is 0.0600. The van der Waals surface area contributed by atoms with Crippen LogP contribution in [0.2, 0.25) is 5.02 Å². The lowest BCUT2D eigenvalue weighted by Gasteiger charge is -2.08. The summed E-state index contributed by atoms with van der Waals surface area (Å²) in [4.78, 5) is 14.8. The van der Waals surface area contributed by atoms with E-state index in [2.05, 4.69) is 9.72 Å². The molecule has 0 aromatic carbocycles. The largest absolute Gasteiger partial charge is 0.465 e. The van der Waals surface area contributed by atoms with Crippen LogP contribution in [0.4, 0.5) is 8.78 Å². The number of aromatic nitrogens is 1. The second kappa shape index (κ2) is 5.41. The first-order valence-corrected chi connectivity index (χ1v) is 5.04. The van der Waals surface area contributed by atoms with Gasteiger partial charge in [0.25, 0.3) is 6.43 Å². The van der Waals surface area contributed by atoms with E-state index in [1.165, 1.54) is 0 Å². The highest BCUT2D eigenvalue weighted by Crippen LogP contribution is 2.27. The van der Waals surface area contributed by atoms with Crippen LogP contribution < -0.4 is 0 Å². The average molecular weight is 270 g/mol. The lowest BCUT2D eigenvalue weighted by Crippen LogP contribution is -2.07. The van der Waals surface area contributed by atoms with Crippen LogP contribution >= 0.6 is 23.2 Å². The third-order valence-electron chi connectivity index (χ3n) is 1.80. The number of rotatable bonds is 3. The quantitative estimate of drug-likeness (QED) is 0.625. The van der Waals surface area contributed by atoms with Gasteiger partial charge < -0.3 is 4.74 Å². The van der Waals surface area contributed by atoms with E-state index in [4.69, 9.17) is 23.2 Å². The van der Waals surface area contributed by atoms with Crippen molar-refractivity contribution in [3.8, 4) is 0 Å². The Labute approximate surface area is 100 Å². The van der Waals surface area contributed by atoms with Crippen LogP contribution in [0.5, 0.6) is 0 Å². The van der Waals surface area contributed by atoms with E-state index in [1.54, 1.807) is 0 Å². The van der Waals surface area contributed by atoms with Gasteiger partial charge in [0.1, 0.15) is 5.69 Å². The molecule has 0 atom stereocenters. The molecule has 1 heterocycles. The Hall–Kier alpha value is -0.940. The van der Waals surface area contributed by atoms with Crippen molar-refractivity contribution in [3.63, 3.8) is 0 Å². The van der Waals surface area contributed by atoms with E-state index >= 15 is 0 Å². The van der Waals surface area contributed by atoms with Crippen molar-refractivity contribution in [1.29, 1.82) is 0 Å². The molecule has 3 nitrogen and oxygen atoms in total. The van der Waals surface area contributed by atoms with Gasteiger partial charge in [0.15, 0.2) is 0 Å². The van der Waals surface area contributed by atoms with Gasteiger partial charge in [0.2, 0.25) is 0 Å². The third-order valence-corrected chi connectivity index (χ3v) is 2.48. The Morgan fingerprint density at radius 2 is 2.25 bits per heavy atom. The fourth-order valence-corrected chi connectivity index (χ4v) is 1.57. The molecule has 0 N–H and O–H groups in total. The predicted molar refractivity (Wildman–Crippen MR) is 55.1 cm³/mol. The summed E-state index contributed by atoms with van der Waals surface area (Å²) in [5, 5.41) is -0.0637. The molecular formula is C9H7Cl2F2NO2. The van der Waals surface area contributed by atoms with Gasteiger partial charge in [0.05, 0.1) is 29.3 Å². The van der Waals surface area contributed by atoms with Gasteiger partial charge in [-0.3, -0.25) is 0 Å². The summed E-state index contributed by atoms with van der Waals surface area (Å²) in [6.45, 7) is 0. The zero-order valence-electron chi connectivity index (χ0n) is 8.14. The van der Waals surface area contributed by atoms with E-state index in [9.17, 15) is 13.6 Å². The standard InChI is InChI=1S/C9H7Cl2F2NO2/c1-16-9(15)4-2-5(8(12)13)14-6(3-10)7(4)11/h2,8H,3H2,1H3. The molecule has 0 spiro atoms. The maximum absolute atomic E-state index is 12.5. The number of halogens is 4. The summed E-state index contributed by atoms with van der Waals surface area (Å²) in [7, 11) is 1.13. The van der Waals surface area contributed by atoms with Gasteiger partial charge in [-0.1, -0.05) is 11.6 Å². The summed E-state index contributed by atoms with van der Waals surface area (Å²) in [6, 6.07) is 0.898. The molecule has 0 saturated carbocycles. The number of methoxy groups -OCH3 is 1. The minimum Gasteiger partial charge on any atom is -0.465 e. The van der Waals surface area contributed by atoms with E-state index < -0.39 is 18.1 Å². The van der Waals surface area contributed by atoms with Crippen LogP contribution in [0.3, 0.4) is 0 Å². The Morgan fingerprint density at radius 3 is 2.69 bits per heavy atom. The van der Waals surface area contributed by atoms with E-state index in [0.29, 0.717) is 0 Å².